The third-order valence-electron chi connectivity index (χ3n) is 4.43. The summed E-state index contributed by atoms with van der Waals surface area (Å²) in [5.41, 5.74) is 0.00465. The number of rotatable bonds is 5. The van der Waals surface area contributed by atoms with Crippen LogP contribution in [0.5, 0.6) is 0 Å². The van der Waals surface area contributed by atoms with Gasteiger partial charge in [0.2, 0.25) is 0 Å². The summed E-state index contributed by atoms with van der Waals surface area (Å²) in [7, 11) is 0. The molecular formula is C18H19FN2O4. The molecule has 1 aliphatic rings. The summed E-state index contributed by atoms with van der Waals surface area (Å²) in [6, 6.07) is 5.56. The molecule has 0 amide bonds. The van der Waals surface area contributed by atoms with Gasteiger partial charge in [-0.2, -0.15) is 0 Å². The SMILES string of the molecule is CCOC(=O)C1CCN(c2c(Nc3ccc(F)cc3)c(=O)c2=O)CC1. The Balaban J connectivity index is 1.71. The van der Waals surface area contributed by atoms with Crippen LogP contribution in [-0.4, -0.2) is 25.7 Å². The number of carbonyl (C=O) groups excluding carboxylic acids is 1. The second-order valence-corrected chi connectivity index (χ2v) is 6.03. The van der Waals surface area contributed by atoms with Gasteiger partial charge in [0.05, 0.1) is 12.5 Å². The molecule has 0 saturated carbocycles. The molecule has 6 nitrogen and oxygen atoms in total. The second kappa shape index (κ2) is 7.04. The zero-order valence-corrected chi connectivity index (χ0v) is 13.9. The summed E-state index contributed by atoms with van der Waals surface area (Å²) in [5.74, 6) is -0.759. The summed E-state index contributed by atoms with van der Waals surface area (Å²) in [6.07, 6.45) is 1.15. The molecule has 3 rings (SSSR count). The fourth-order valence-electron chi connectivity index (χ4n) is 3.07. The smallest absolute Gasteiger partial charge is 0.309 e. The van der Waals surface area contributed by atoms with Gasteiger partial charge in [0.25, 0.3) is 10.9 Å². The fraction of sp³-hybridized carbons (Fsp3) is 0.389. The van der Waals surface area contributed by atoms with Crippen LogP contribution in [0.1, 0.15) is 19.8 Å². The lowest BCUT2D eigenvalue weighted by atomic mass is 9.96. The molecule has 25 heavy (non-hydrogen) atoms. The van der Waals surface area contributed by atoms with E-state index in [-0.39, 0.29) is 23.4 Å². The minimum atomic E-state index is -0.577. The first-order chi connectivity index (χ1) is 12.0. The standard InChI is InChI=1S/C18H19FN2O4/c1-2-25-18(24)11-7-9-21(10-8-11)15-14(16(22)17(15)23)20-13-5-3-12(19)4-6-13/h3-6,11,20H,2,7-10H2,1H3. The topological polar surface area (TPSA) is 75.7 Å². The molecule has 0 spiro atoms. The predicted molar refractivity (Wildman–Crippen MR) is 92.6 cm³/mol. The molecule has 0 aromatic heterocycles. The van der Waals surface area contributed by atoms with Gasteiger partial charge < -0.3 is 15.0 Å². The highest BCUT2D eigenvalue weighted by molar-refractivity contribution is 5.80. The van der Waals surface area contributed by atoms with E-state index >= 15 is 0 Å². The van der Waals surface area contributed by atoms with Crippen molar-refractivity contribution in [1.82, 2.24) is 0 Å². The molecule has 0 unspecified atom stereocenters. The van der Waals surface area contributed by atoms with Crippen molar-refractivity contribution in [2.24, 2.45) is 5.92 Å². The number of esters is 1. The van der Waals surface area contributed by atoms with Crippen LogP contribution in [-0.2, 0) is 9.53 Å². The van der Waals surface area contributed by atoms with E-state index in [0.29, 0.717) is 43.9 Å². The molecule has 1 fully saturated rings. The van der Waals surface area contributed by atoms with Gasteiger partial charge in [0.15, 0.2) is 0 Å². The van der Waals surface area contributed by atoms with E-state index < -0.39 is 10.9 Å². The minimum absolute atomic E-state index is 0.170. The van der Waals surface area contributed by atoms with E-state index in [9.17, 15) is 18.8 Å². The molecule has 7 heteroatoms. The first-order valence-corrected chi connectivity index (χ1v) is 8.28. The van der Waals surface area contributed by atoms with Gasteiger partial charge in [0, 0.05) is 18.8 Å². The number of anilines is 3. The zero-order chi connectivity index (χ0) is 18.0. The number of hydrogen-bond donors (Lipinski definition) is 1. The molecular weight excluding hydrogens is 327 g/mol. The maximum atomic E-state index is 13.0. The quantitative estimate of drug-likeness (QED) is 0.659. The third-order valence-corrected chi connectivity index (χ3v) is 4.43. The van der Waals surface area contributed by atoms with Crippen molar-refractivity contribution in [3.05, 3.63) is 50.5 Å². The number of ether oxygens (including phenoxy) is 1. The van der Waals surface area contributed by atoms with Crippen LogP contribution < -0.4 is 21.1 Å². The summed E-state index contributed by atoms with van der Waals surface area (Å²) in [4.78, 5) is 37.5. The van der Waals surface area contributed by atoms with Crippen molar-refractivity contribution in [3.63, 3.8) is 0 Å². The largest absolute Gasteiger partial charge is 0.466 e. The molecule has 132 valence electrons. The van der Waals surface area contributed by atoms with Crippen LogP contribution >= 0.6 is 0 Å². The highest BCUT2D eigenvalue weighted by Crippen LogP contribution is 2.28. The van der Waals surface area contributed by atoms with Gasteiger partial charge in [-0.25, -0.2) is 4.39 Å². The van der Waals surface area contributed by atoms with Crippen LogP contribution in [0.4, 0.5) is 21.5 Å². The average molecular weight is 346 g/mol. The van der Waals surface area contributed by atoms with Crippen LogP contribution in [0.3, 0.4) is 0 Å². The van der Waals surface area contributed by atoms with Crippen LogP contribution in [0.15, 0.2) is 33.9 Å². The Labute approximate surface area is 143 Å². The third kappa shape index (κ3) is 3.40. The summed E-state index contributed by atoms with van der Waals surface area (Å²) >= 11 is 0. The fourth-order valence-corrected chi connectivity index (χ4v) is 3.07. The zero-order valence-electron chi connectivity index (χ0n) is 13.9. The Hall–Kier alpha value is -2.70. The van der Waals surface area contributed by atoms with Crippen molar-refractivity contribution in [3.8, 4) is 0 Å². The molecule has 1 aliphatic heterocycles. The highest BCUT2D eigenvalue weighted by atomic mass is 19.1. The number of hydrogen-bond acceptors (Lipinski definition) is 6. The normalized spacial score (nSPS) is 15.4. The predicted octanol–water partition coefficient (Wildman–Crippen LogP) is 1.94. The Kier molecular flexibility index (Phi) is 4.83. The molecule has 0 aliphatic carbocycles. The van der Waals surface area contributed by atoms with Crippen molar-refractivity contribution in [2.75, 3.05) is 29.9 Å². The lowest BCUT2D eigenvalue weighted by Crippen LogP contribution is -2.46. The number of nitrogens with one attached hydrogen (secondary N) is 1. The second-order valence-electron chi connectivity index (χ2n) is 6.03. The Morgan fingerprint density at radius 3 is 2.44 bits per heavy atom. The molecule has 0 bridgehead atoms. The van der Waals surface area contributed by atoms with Crippen molar-refractivity contribution < 1.29 is 13.9 Å². The van der Waals surface area contributed by atoms with E-state index in [2.05, 4.69) is 5.32 Å². The van der Waals surface area contributed by atoms with Crippen molar-refractivity contribution >= 4 is 23.0 Å². The first-order valence-electron chi connectivity index (χ1n) is 8.28. The van der Waals surface area contributed by atoms with Crippen LogP contribution in [0.2, 0.25) is 0 Å². The average Bonchev–Trinajstić information content (AvgIpc) is 2.63. The molecule has 0 radical (unpaired) electrons. The minimum Gasteiger partial charge on any atom is -0.466 e. The van der Waals surface area contributed by atoms with E-state index in [0.717, 1.165) is 0 Å². The molecule has 0 atom stereocenters. The van der Waals surface area contributed by atoms with Gasteiger partial charge in [0.1, 0.15) is 17.2 Å². The molecule has 2 aromatic rings. The van der Waals surface area contributed by atoms with Gasteiger partial charge in [-0.15, -0.1) is 0 Å². The first kappa shape index (κ1) is 17.1. The molecule has 1 N–H and O–H groups in total. The number of piperidine rings is 1. The maximum absolute atomic E-state index is 13.0. The summed E-state index contributed by atoms with van der Waals surface area (Å²) in [5, 5.41) is 2.90. The summed E-state index contributed by atoms with van der Waals surface area (Å²) in [6.45, 7) is 3.13. The number of carbonyl (C=O) groups is 1. The maximum Gasteiger partial charge on any atom is 0.309 e. The van der Waals surface area contributed by atoms with E-state index in [1.807, 2.05) is 4.90 Å². The molecule has 1 heterocycles. The lowest BCUT2D eigenvalue weighted by molar-refractivity contribution is -0.148. The van der Waals surface area contributed by atoms with Crippen LogP contribution in [0.25, 0.3) is 0 Å². The van der Waals surface area contributed by atoms with Gasteiger partial charge in [-0.1, -0.05) is 0 Å². The number of benzene rings is 1. The van der Waals surface area contributed by atoms with E-state index in [1.54, 1.807) is 6.92 Å². The van der Waals surface area contributed by atoms with Crippen LogP contribution in [0, 0.1) is 11.7 Å². The Morgan fingerprint density at radius 2 is 1.84 bits per heavy atom. The monoisotopic (exact) mass is 346 g/mol. The molecule has 1 saturated heterocycles. The van der Waals surface area contributed by atoms with Gasteiger partial charge in [-0.3, -0.25) is 14.4 Å². The van der Waals surface area contributed by atoms with Gasteiger partial charge in [-0.05, 0) is 44.0 Å². The Morgan fingerprint density at radius 1 is 1.20 bits per heavy atom. The van der Waals surface area contributed by atoms with Crippen molar-refractivity contribution in [1.29, 1.82) is 0 Å². The lowest BCUT2D eigenvalue weighted by Gasteiger charge is -2.34. The summed E-state index contributed by atoms with van der Waals surface area (Å²) < 4.78 is 18.0. The van der Waals surface area contributed by atoms with E-state index in [1.165, 1.54) is 24.3 Å². The molecule has 2 aromatic carbocycles. The highest BCUT2D eigenvalue weighted by Gasteiger charge is 2.31. The number of nitrogens with zero attached hydrogens (tertiary/aromatic N) is 1. The Bertz CT molecular complexity index is 832. The van der Waals surface area contributed by atoms with Gasteiger partial charge >= 0.3 is 5.97 Å². The van der Waals surface area contributed by atoms with Crippen molar-refractivity contribution in [2.45, 2.75) is 19.8 Å². The number of halogens is 1. The van der Waals surface area contributed by atoms with E-state index in [4.69, 9.17) is 4.74 Å².